The molecule has 0 fully saturated rings. The van der Waals surface area contributed by atoms with Gasteiger partial charge in [-0.15, -0.1) is 11.3 Å². The molecule has 0 saturated heterocycles. The van der Waals surface area contributed by atoms with Crippen LogP contribution in [0.25, 0.3) is 0 Å². The lowest BCUT2D eigenvalue weighted by molar-refractivity contribution is 0.440. The van der Waals surface area contributed by atoms with Gasteiger partial charge in [0.05, 0.1) is 8.81 Å². The molecule has 0 aliphatic rings. The van der Waals surface area contributed by atoms with E-state index in [0.29, 0.717) is 0 Å². The van der Waals surface area contributed by atoms with E-state index in [1.165, 1.54) is 0 Å². The summed E-state index contributed by atoms with van der Waals surface area (Å²) in [6, 6.07) is 5.85. The minimum Gasteiger partial charge on any atom is -0.452 e. The average Bonchev–Trinajstić information content (AvgIpc) is 2.83. The Labute approximate surface area is 126 Å². The smallest absolute Gasteiger partial charge is 0.169 e. The van der Waals surface area contributed by atoms with Crippen LogP contribution >= 0.6 is 54.8 Å². The lowest BCUT2D eigenvalue weighted by Gasteiger charge is -2.13. The molecule has 2 nitrogen and oxygen atoms in total. The van der Waals surface area contributed by atoms with Crippen molar-refractivity contribution in [3.8, 4) is 0 Å². The van der Waals surface area contributed by atoms with Crippen LogP contribution in [0.2, 0.25) is 5.02 Å². The number of hydrogen-bond acceptors (Lipinski definition) is 3. The van der Waals surface area contributed by atoms with Crippen molar-refractivity contribution in [2.24, 2.45) is 0 Å². The van der Waals surface area contributed by atoms with E-state index in [1.807, 2.05) is 18.2 Å². The molecule has 0 amide bonds. The molecule has 2 rings (SSSR count). The zero-order valence-corrected chi connectivity index (χ0v) is 13.7. The largest absolute Gasteiger partial charge is 0.452 e. The second-order valence-electron chi connectivity index (χ2n) is 3.40. The molecule has 0 saturated carbocycles. The highest BCUT2D eigenvalue weighted by Crippen LogP contribution is 2.38. The quantitative estimate of drug-likeness (QED) is 0.763. The molecule has 0 bridgehead atoms. The van der Waals surface area contributed by atoms with Gasteiger partial charge in [0.2, 0.25) is 0 Å². The number of hydrogen-bond donors (Lipinski definition) is 1. The van der Waals surface area contributed by atoms with Crippen molar-refractivity contribution >= 4 is 54.8 Å². The van der Waals surface area contributed by atoms with Crippen molar-refractivity contribution < 1.29 is 4.42 Å². The molecule has 17 heavy (non-hydrogen) atoms. The summed E-state index contributed by atoms with van der Waals surface area (Å²) in [6.07, 6.45) is 0. The summed E-state index contributed by atoms with van der Waals surface area (Å²) in [4.78, 5) is 1.13. The molecule has 2 aromatic rings. The summed E-state index contributed by atoms with van der Waals surface area (Å²) < 4.78 is 7.28. The summed E-state index contributed by atoms with van der Waals surface area (Å²) in [5, 5.41) is 4.12. The van der Waals surface area contributed by atoms with Crippen LogP contribution in [-0.2, 0) is 0 Å². The van der Waals surface area contributed by atoms with Crippen LogP contribution in [0, 0.1) is 0 Å². The van der Waals surface area contributed by atoms with E-state index in [0.717, 1.165) is 30.7 Å². The minimum atomic E-state index is 0.0418. The third kappa shape index (κ3) is 3.15. The number of rotatable bonds is 4. The van der Waals surface area contributed by atoms with Crippen LogP contribution < -0.4 is 5.32 Å². The van der Waals surface area contributed by atoms with Gasteiger partial charge in [0.25, 0.3) is 0 Å². The van der Waals surface area contributed by atoms with Gasteiger partial charge in [0.15, 0.2) is 4.67 Å². The molecule has 1 atom stereocenters. The van der Waals surface area contributed by atoms with E-state index in [4.69, 9.17) is 16.0 Å². The maximum atomic E-state index is 6.06. The van der Waals surface area contributed by atoms with Gasteiger partial charge in [-0.05, 0) is 56.6 Å². The van der Waals surface area contributed by atoms with Crippen LogP contribution in [0.15, 0.2) is 31.1 Å². The van der Waals surface area contributed by atoms with E-state index in [-0.39, 0.29) is 6.04 Å². The first-order valence-corrected chi connectivity index (χ1v) is 7.83. The number of thiophene rings is 1. The Hall–Kier alpha value is 0.190. The molecule has 0 aliphatic carbocycles. The molecule has 92 valence electrons. The minimum absolute atomic E-state index is 0.0418. The van der Waals surface area contributed by atoms with Crippen molar-refractivity contribution in [2.75, 3.05) is 6.54 Å². The Kier molecular flexibility index (Phi) is 4.72. The maximum absolute atomic E-state index is 6.06. The second-order valence-corrected chi connectivity index (χ2v) is 6.99. The Morgan fingerprint density at radius 1 is 1.47 bits per heavy atom. The van der Waals surface area contributed by atoms with Crippen LogP contribution in [0.3, 0.4) is 0 Å². The first kappa shape index (κ1) is 13.6. The fourth-order valence-corrected chi connectivity index (χ4v) is 3.68. The topological polar surface area (TPSA) is 25.2 Å². The van der Waals surface area contributed by atoms with Gasteiger partial charge in [0.1, 0.15) is 11.8 Å². The Morgan fingerprint density at radius 2 is 2.24 bits per heavy atom. The van der Waals surface area contributed by atoms with E-state index < -0.39 is 0 Å². The summed E-state index contributed by atoms with van der Waals surface area (Å²) in [5.74, 6) is 0.879. The first-order chi connectivity index (χ1) is 8.11. The summed E-state index contributed by atoms with van der Waals surface area (Å²) in [5.41, 5.74) is 0. The van der Waals surface area contributed by atoms with Crippen LogP contribution in [-0.4, -0.2) is 6.54 Å². The van der Waals surface area contributed by atoms with Gasteiger partial charge in [0, 0.05) is 4.88 Å². The molecule has 2 aromatic heterocycles. The highest BCUT2D eigenvalue weighted by molar-refractivity contribution is 9.11. The van der Waals surface area contributed by atoms with Gasteiger partial charge in [-0.1, -0.05) is 18.5 Å². The molecule has 6 heteroatoms. The molecular formula is C11H10Br2ClNOS. The molecule has 2 heterocycles. The monoisotopic (exact) mass is 397 g/mol. The number of halogens is 3. The van der Waals surface area contributed by atoms with Gasteiger partial charge in [-0.2, -0.15) is 0 Å². The zero-order chi connectivity index (χ0) is 12.4. The summed E-state index contributed by atoms with van der Waals surface area (Å²) in [6.45, 7) is 2.92. The van der Waals surface area contributed by atoms with Crippen molar-refractivity contribution in [3.63, 3.8) is 0 Å². The van der Waals surface area contributed by atoms with Gasteiger partial charge >= 0.3 is 0 Å². The first-order valence-electron chi connectivity index (χ1n) is 5.05. The fraction of sp³-hybridized carbons (Fsp3) is 0.273. The van der Waals surface area contributed by atoms with E-state index >= 15 is 0 Å². The zero-order valence-electron chi connectivity index (χ0n) is 8.97. The Balaban J connectivity index is 2.34. The van der Waals surface area contributed by atoms with E-state index in [1.54, 1.807) is 11.3 Å². The molecule has 1 N–H and O–H groups in total. The Bertz CT molecular complexity index is 492. The molecule has 1 unspecified atom stereocenters. The predicted octanol–water partition coefficient (Wildman–Crippen LogP) is 5.22. The van der Waals surface area contributed by atoms with E-state index in [9.17, 15) is 0 Å². The van der Waals surface area contributed by atoms with Crippen LogP contribution in [0.4, 0.5) is 0 Å². The average molecular weight is 400 g/mol. The number of nitrogens with one attached hydrogen (secondary N) is 1. The molecule has 0 aliphatic heterocycles. The predicted molar refractivity (Wildman–Crippen MR) is 79.0 cm³/mol. The Morgan fingerprint density at radius 3 is 2.71 bits per heavy atom. The normalized spacial score (nSPS) is 12.9. The fourth-order valence-electron chi connectivity index (χ4n) is 1.53. The summed E-state index contributed by atoms with van der Waals surface area (Å²) in [7, 11) is 0. The molecule has 0 spiro atoms. The molecular weight excluding hydrogens is 389 g/mol. The lowest BCUT2D eigenvalue weighted by atomic mass is 10.2. The van der Waals surface area contributed by atoms with Gasteiger partial charge in [-0.25, -0.2) is 0 Å². The standard InChI is InChI=1S/C11H10Br2ClNOS/c1-2-15-10(7-3-4-9(12)16-7)8-5-6(14)11(13)17-8/h3-5,10,15H,2H2,1H3. The van der Waals surface area contributed by atoms with Crippen molar-refractivity contribution in [1.82, 2.24) is 5.32 Å². The van der Waals surface area contributed by atoms with Gasteiger partial charge in [-0.3, -0.25) is 0 Å². The molecule has 0 radical (unpaired) electrons. The van der Waals surface area contributed by atoms with Crippen molar-refractivity contribution in [2.45, 2.75) is 13.0 Å². The van der Waals surface area contributed by atoms with Crippen molar-refractivity contribution in [1.29, 1.82) is 0 Å². The SMILES string of the molecule is CCNC(c1ccc(Br)o1)c1cc(Cl)c(Br)s1. The van der Waals surface area contributed by atoms with Crippen molar-refractivity contribution in [3.05, 3.63) is 42.3 Å². The number of furan rings is 1. The van der Waals surface area contributed by atoms with Gasteiger partial charge < -0.3 is 9.73 Å². The highest BCUT2D eigenvalue weighted by atomic mass is 79.9. The second kappa shape index (κ2) is 5.89. The maximum Gasteiger partial charge on any atom is 0.169 e. The van der Waals surface area contributed by atoms with E-state index in [2.05, 4.69) is 44.1 Å². The third-order valence-corrected chi connectivity index (χ3v) is 5.20. The lowest BCUT2D eigenvalue weighted by Crippen LogP contribution is -2.20. The summed E-state index contributed by atoms with van der Waals surface area (Å²) >= 11 is 14.4. The highest BCUT2D eigenvalue weighted by Gasteiger charge is 2.20. The van der Waals surface area contributed by atoms with Crippen LogP contribution in [0.1, 0.15) is 23.6 Å². The molecule has 0 aromatic carbocycles. The van der Waals surface area contributed by atoms with Crippen LogP contribution in [0.5, 0.6) is 0 Å². The third-order valence-electron chi connectivity index (χ3n) is 2.24.